The fourth-order valence-electron chi connectivity index (χ4n) is 3.82. The minimum atomic E-state index is -4.45. The van der Waals surface area contributed by atoms with Gasteiger partial charge in [-0.05, 0) is 36.1 Å². The first-order chi connectivity index (χ1) is 13.7. The van der Waals surface area contributed by atoms with E-state index in [1.807, 2.05) is 6.07 Å². The molecule has 0 saturated carbocycles. The number of hydrogen-bond acceptors (Lipinski definition) is 5. The molecule has 0 bridgehead atoms. The Morgan fingerprint density at radius 3 is 2.86 bits per heavy atom. The number of carbonyl (C=O) groups is 1. The van der Waals surface area contributed by atoms with Gasteiger partial charge in [0.1, 0.15) is 6.54 Å². The van der Waals surface area contributed by atoms with Gasteiger partial charge < -0.3 is 10.2 Å². The molecule has 1 aliphatic heterocycles. The molecule has 1 aromatic heterocycles. The van der Waals surface area contributed by atoms with Crippen LogP contribution in [0.4, 0.5) is 19.1 Å². The van der Waals surface area contributed by atoms with Crippen LogP contribution in [0.15, 0.2) is 18.3 Å². The number of rotatable bonds is 3. The minimum absolute atomic E-state index is 0.0410. The smallest absolute Gasteiger partial charge is 0.351 e. The number of carbonyl (C=O) groups excluding carboxylic acids is 1. The summed E-state index contributed by atoms with van der Waals surface area (Å²) in [5.41, 5.74) is 2.99. The average Bonchev–Trinajstić information content (AvgIpc) is 3.04. The van der Waals surface area contributed by atoms with E-state index in [1.165, 1.54) is 6.20 Å². The van der Waals surface area contributed by atoms with Crippen molar-refractivity contribution in [2.75, 3.05) is 18.4 Å². The number of benzene rings is 1. The van der Waals surface area contributed by atoms with Crippen molar-refractivity contribution in [2.45, 2.75) is 31.5 Å². The van der Waals surface area contributed by atoms with Crippen molar-refractivity contribution in [3.63, 3.8) is 0 Å². The summed E-state index contributed by atoms with van der Waals surface area (Å²) in [4.78, 5) is 21.5. The third kappa shape index (κ3) is 3.98. The van der Waals surface area contributed by atoms with Crippen molar-refractivity contribution in [3.05, 3.63) is 51.3 Å². The van der Waals surface area contributed by atoms with E-state index in [1.54, 1.807) is 6.07 Å². The van der Waals surface area contributed by atoms with Crippen LogP contribution in [0.5, 0.6) is 0 Å². The maximum atomic E-state index is 12.6. The monoisotopic (exact) mass is 421 g/mol. The summed E-state index contributed by atoms with van der Waals surface area (Å²) in [7, 11) is 0. The molecule has 29 heavy (non-hydrogen) atoms. The molecule has 1 aromatic carbocycles. The first-order valence-electron chi connectivity index (χ1n) is 8.93. The van der Waals surface area contributed by atoms with Gasteiger partial charge in [-0.2, -0.15) is 18.4 Å². The Kier molecular flexibility index (Phi) is 4.82. The van der Waals surface area contributed by atoms with Gasteiger partial charge in [0.05, 0.1) is 22.9 Å². The van der Waals surface area contributed by atoms with Crippen LogP contribution in [0.3, 0.4) is 0 Å². The molecular formula is C19H15ClF3N5O. The lowest BCUT2D eigenvalue weighted by Gasteiger charge is -2.28. The van der Waals surface area contributed by atoms with Gasteiger partial charge in [0, 0.05) is 30.2 Å². The van der Waals surface area contributed by atoms with Gasteiger partial charge in [0.25, 0.3) is 5.91 Å². The Hall–Kier alpha value is -2.86. The van der Waals surface area contributed by atoms with E-state index in [2.05, 4.69) is 21.4 Å². The van der Waals surface area contributed by atoms with E-state index in [0.29, 0.717) is 35.1 Å². The molecular weight excluding hydrogens is 407 g/mol. The molecule has 0 spiro atoms. The summed E-state index contributed by atoms with van der Waals surface area (Å²) in [5, 5.41) is 13.0. The zero-order valence-corrected chi connectivity index (χ0v) is 15.8. The number of anilines is 1. The molecule has 150 valence electrons. The number of alkyl halides is 3. The highest BCUT2D eigenvalue weighted by Crippen LogP contribution is 2.30. The predicted octanol–water partition coefficient (Wildman–Crippen LogP) is 3.14. The fourth-order valence-corrected chi connectivity index (χ4v) is 4.06. The molecule has 1 amide bonds. The van der Waals surface area contributed by atoms with Gasteiger partial charge in [-0.15, -0.1) is 0 Å². The summed E-state index contributed by atoms with van der Waals surface area (Å²) in [6.45, 7) is -1.32. The molecule has 0 fully saturated rings. The van der Waals surface area contributed by atoms with Gasteiger partial charge in [-0.1, -0.05) is 11.6 Å². The SMILES string of the molecule is N#Cc1cc(Cl)cc2c1C[C@@H](Nc1ncc3c(n1)CCN(CC(F)(F)F)C3=O)C2. The number of nitrogens with zero attached hydrogens (tertiary/aromatic N) is 4. The maximum Gasteiger partial charge on any atom is 0.406 e. The molecule has 1 atom stereocenters. The summed E-state index contributed by atoms with van der Waals surface area (Å²) >= 11 is 6.06. The second-order valence-corrected chi connectivity index (χ2v) is 7.53. The van der Waals surface area contributed by atoms with E-state index in [9.17, 15) is 23.2 Å². The van der Waals surface area contributed by atoms with E-state index >= 15 is 0 Å². The van der Waals surface area contributed by atoms with Crippen molar-refractivity contribution < 1.29 is 18.0 Å². The zero-order valence-electron chi connectivity index (χ0n) is 15.1. The number of nitriles is 1. The molecule has 4 rings (SSSR count). The summed E-state index contributed by atoms with van der Waals surface area (Å²) in [6.07, 6.45) is -1.70. The first-order valence-corrected chi connectivity index (χ1v) is 9.31. The second-order valence-electron chi connectivity index (χ2n) is 7.10. The summed E-state index contributed by atoms with van der Waals surface area (Å²) in [6, 6.07) is 5.58. The minimum Gasteiger partial charge on any atom is -0.351 e. The Morgan fingerprint density at radius 2 is 2.14 bits per heavy atom. The molecule has 2 aromatic rings. The lowest BCUT2D eigenvalue weighted by Crippen LogP contribution is -2.43. The van der Waals surface area contributed by atoms with E-state index in [0.717, 1.165) is 16.0 Å². The topological polar surface area (TPSA) is 81.9 Å². The lowest BCUT2D eigenvalue weighted by molar-refractivity contribution is -0.141. The van der Waals surface area contributed by atoms with Crippen molar-refractivity contribution in [3.8, 4) is 6.07 Å². The molecule has 0 radical (unpaired) electrons. The van der Waals surface area contributed by atoms with Gasteiger partial charge in [-0.3, -0.25) is 4.79 Å². The number of halogens is 4. The molecule has 6 nitrogen and oxygen atoms in total. The van der Waals surface area contributed by atoms with Crippen molar-refractivity contribution in [2.24, 2.45) is 0 Å². The van der Waals surface area contributed by atoms with Gasteiger partial charge in [0.2, 0.25) is 5.95 Å². The summed E-state index contributed by atoms with van der Waals surface area (Å²) in [5.74, 6) is -0.403. The molecule has 2 heterocycles. The Balaban J connectivity index is 1.49. The van der Waals surface area contributed by atoms with Crippen LogP contribution in [-0.2, 0) is 19.3 Å². The Bertz CT molecular complexity index is 1030. The van der Waals surface area contributed by atoms with Gasteiger partial charge >= 0.3 is 6.18 Å². The maximum absolute atomic E-state index is 12.6. The zero-order chi connectivity index (χ0) is 20.8. The lowest BCUT2D eigenvalue weighted by atomic mass is 10.0. The number of amides is 1. The van der Waals surface area contributed by atoms with Crippen LogP contribution in [-0.4, -0.2) is 46.1 Å². The normalized spacial score (nSPS) is 18.2. The van der Waals surface area contributed by atoms with Crippen molar-refractivity contribution in [1.29, 1.82) is 5.26 Å². The molecule has 1 N–H and O–H groups in total. The quantitative estimate of drug-likeness (QED) is 0.823. The van der Waals surface area contributed by atoms with Crippen LogP contribution in [0.1, 0.15) is 32.7 Å². The van der Waals surface area contributed by atoms with Crippen LogP contribution in [0.25, 0.3) is 0 Å². The predicted molar refractivity (Wildman–Crippen MR) is 98.7 cm³/mol. The largest absolute Gasteiger partial charge is 0.406 e. The highest BCUT2D eigenvalue weighted by Gasteiger charge is 2.36. The van der Waals surface area contributed by atoms with Crippen LogP contribution in [0, 0.1) is 11.3 Å². The molecule has 2 aliphatic rings. The number of aromatic nitrogens is 2. The highest BCUT2D eigenvalue weighted by atomic mass is 35.5. The van der Waals surface area contributed by atoms with Gasteiger partial charge in [-0.25, -0.2) is 9.97 Å². The molecule has 1 aliphatic carbocycles. The fraction of sp³-hybridized carbons (Fsp3) is 0.368. The third-order valence-electron chi connectivity index (χ3n) is 5.05. The van der Waals surface area contributed by atoms with Crippen molar-refractivity contribution in [1.82, 2.24) is 14.9 Å². The Morgan fingerprint density at radius 1 is 1.34 bits per heavy atom. The molecule has 0 unspecified atom stereocenters. The van der Waals surface area contributed by atoms with Crippen LogP contribution >= 0.6 is 11.6 Å². The number of hydrogen-bond donors (Lipinski definition) is 1. The Labute approximate surface area is 169 Å². The number of fused-ring (bicyclic) bond motifs is 2. The van der Waals surface area contributed by atoms with Crippen LogP contribution < -0.4 is 5.32 Å². The highest BCUT2D eigenvalue weighted by molar-refractivity contribution is 6.30. The van der Waals surface area contributed by atoms with Crippen LogP contribution in [0.2, 0.25) is 5.02 Å². The molecule has 10 heteroatoms. The van der Waals surface area contributed by atoms with E-state index in [4.69, 9.17) is 11.6 Å². The number of nitrogens with one attached hydrogen (secondary N) is 1. The standard InChI is InChI=1S/C19H15ClF3N5O/c20-12-3-10-5-13(6-14(10)11(4-12)7-24)26-18-25-8-15-16(27-18)1-2-28(17(15)29)9-19(21,22)23/h3-4,8,13H,1-2,5-6,9H2,(H,25,26,27)/t13-/m0/s1. The van der Waals surface area contributed by atoms with E-state index < -0.39 is 18.6 Å². The average molecular weight is 422 g/mol. The third-order valence-corrected chi connectivity index (χ3v) is 5.27. The van der Waals surface area contributed by atoms with Crippen molar-refractivity contribution >= 4 is 23.5 Å². The summed E-state index contributed by atoms with van der Waals surface area (Å²) < 4.78 is 37.8. The van der Waals surface area contributed by atoms with Gasteiger partial charge in [0.15, 0.2) is 0 Å². The molecule has 0 saturated heterocycles. The first kappa shape index (κ1) is 19.5. The second kappa shape index (κ2) is 7.19. The van der Waals surface area contributed by atoms with E-state index in [-0.39, 0.29) is 24.6 Å².